The maximum absolute atomic E-state index is 12.1. The lowest BCUT2D eigenvalue weighted by Gasteiger charge is -2.14. The van der Waals surface area contributed by atoms with Gasteiger partial charge in [-0.3, -0.25) is 4.79 Å². The molecule has 0 saturated carbocycles. The molecule has 0 aliphatic rings. The van der Waals surface area contributed by atoms with E-state index in [1.807, 2.05) is 6.07 Å². The van der Waals surface area contributed by atoms with Crippen LogP contribution in [-0.2, 0) is 19.6 Å². The fourth-order valence-corrected chi connectivity index (χ4v) is 2.70. The Morgan fingerprint density at radius 3 is 2.52 bits per heavy atom. The summed E-state index contributed by atoms with van der Waals surface area (Å²) < 4.78 is 31.2. The molecule has 0 aromatic heterocycles. The van der Waals surface area contributed by atoms with E-state index in [1.165, 1.54) is 38.3 Å². The van der Waals surface area contributed by atoms with E-state index in [0.29, 0.717) is 18.7 Å². The molecule has 8 heteroatoms. The van der Waals surface area contributed by atoms with Gasteiger partial charge < -0.3 is 10.1 Å². The Bertz CT molecular complexity index is 620. The van der Waals surface area contributed by atoms with Crippen molar-refractivity contribution in [1.29, 1.82) is 5.26 Å². The third-order valence-electron chi connectivity index (χ3n) is 2.62. The van der Waals surface area contributed by atoms with Gasteiger partial charge in [0.2, 0.25) is 15.9 Å². The van der Waals surface area contributed by atoms with Crippen LogP contribution in [0.2, 0.25) is 0 Å². The lowest BCUT2D eigenvalue weighted by atomic mass is 10.2. The van der Waals surface area contributed by atoms with Crippen LogP contribution in [0.15, 0.2) is 29.2 Å². The normalized spacial score (nSPS) is 12.4. The second-order valence-electron chi connectivity index (χ2n) is 4.26. The van der Waals surface area contributed by atoms with E-state index in [-0.39, 0.29) is 4.90 Å². The number of benzene rings is 1. The third kappa shape index (κ3) is 5.15. The zero-order valence-corrected chi connectivity index (χ0v) is 12.6. The van der Waals surface area contributed by atoms with Gasteiger partial charge in [0, 0.05) is 13.7 Å². The number of nitrogens with zero attached hydrogens (tertiary/aromatic N) is 1. The fraction of sp³-hybridized carbons (Fsp3) is 0.385. The van der Waals surface area contributed by atoms with Crippen LogP contribution in [0.1, 0.15) is 12.5 Å². The molecule has 1 aromatic rings. The maximum Gasteiger partial charge on any atom is 0.241 e. The first-order chi connectivity index (χ1) is 9.90. The molecule has 0 aliphatic heterocycles. The van der Waals surface area contributed by atoms with Crippen molar-refractivity contribution in [3.8, 4) is 6.07 Å². The summed E-state index contributed by atoms with van der Waals surface area (Å²) in [5.41, 5.74) is 0.360. The van der Waals surface area contributed by atoms with Crippen molar-refractivity contribution < 1.29 is 17.9 Å². The summed E-state index contributed by atoms with van der Waals surface area (Å²) in [6, 6.07) is 6.42. The number of amides is 1. The van der Waals surface area contributed by atoms with Crippen molar-refractivity contribution in [1.82, 2.24) is 10.0 Å². The van der Waals surface area contributed by atoms with Gasteiger partial charge in [-0.2, -0.15) is 9.98 Å². The van der Waals surface area contributed by atoms with E-state index in [1.54, 1.807) is 0 Å². The Balaban J connectivity index is 2.70. The Morgan fingerprint density at radius 2 is 2.00 bits per heavy atom. The molecule has 1 rings (SSSR count). The SMILES string of the molecule is COCCNC(=O)C(C)NS(=O)(=O)c1ccc(C#N)cc1. The van der Waals surface area contributed by atoms with Crippen molar-refractivity contribution in [3.63, 3.8) is 0 Å². The second kappa shape index (κ2) is 7.73. The van der Waals surface area contributed by atoms with E-state index in [9.17, 15) is 13.2 Å². The molecule has 0 bridgehead atoms. The molecule has 1 atom stereocenters. The summed E-state index contributed by atoms with van der Waals surface area (Å²) >= 11 is 0. The number of hydrogen-bond donors (Lipinski definition) is 2. The van der Waals surface area contributed by atoms with Crippen LogP contribution < -0.4 is 10.0 Å². The maximum atomic E-state index is 12.1. The highest BCUT2D eigenvalue weighted by atomic mass is 32.2. The van der Waals surface area contributed by atoms with Gasteiger partial charge in [-0.25, -0.2) is 8.42 Å². The van der Waals surface area contributed by atoms with Gasteiger partial charge in [0.05, 0.1) is 29.2 Å². The van der Waals surface area contributed by atoms with Gasteiger partial charge in [-0.1, -0.05) is 0 Å². The second-order valence-corrected chi connectivity index (χ2v) is 5.98. The molecule has 114 valence electrons. The van der Waals surface area contributed by atoms with Crippen LogP contribution in [0.4, 0.5) is 0 Å². The standard InChI is InChI=1S/C13H17N3O4S/c1-10(13(17)15-7-8-20-2)16-21(18,19)12-5-3-11(9-14)4-6-12/h3-6,10,16H,7-8H2,1-2H3,(H,15,17). The highest BCUT2D eigenvalue weighted by molar-refractivity contribution is 7.89. The highest BCUT2D eigenvalue weighted by Crippen LogP contribution is 2.10. The van der Waals surface area contributed by atoms with Crippen molar-refractivity contribution in [3.05, 3.63) is 29.8 Å². The Hall–Kier alpha value is -1.95. The van der Waals surface area contributed by atoms with E-state index < -0.39 is 22.0 Å². The molecule has 0 spiro atoms. The first kappa shape index (κ1) is 17.1. The zero-order valence-electron chi connectivity index (χ0n) is 11.8. The number of carbonyl (C=O) groups is 1. The average molecular weight is 311 g/mol. The molecular formula is C13H17N3O4S. The highest BCUT2D eigenvalue weighted by Gasteiger charge is 2.21. The predicted octanol–water partition coefficient (Wildman–Crippen LogP) is -0.0123. The molecule has 1 aromatic carbocycles. The summed E-state index contributed by atoms with van der Waals surface area (Å²) in [4.78, 5) is 11.7. The van der Waals surface area contributed by atoms with Crippen LogP contribution in [0, 0.1) is 11.3 Å². The molecule has 1 unspecified atom stereocenters. The molecule has 1 amide bonds. The molecule has 2 N–H and O–H groups in total. The lowest BCUT2D eigenvalue weighted by molar-refractivity contribution is -0.122. The quantitative estimate of drug-likeness (QED) is 0.688. The summed E-state index contributed by atoms with van der Waals surface area (Å²) in [5.74, 6) is -0.440. The Labute approximate surface area is 124 Å². The smallest absolute Gasteiger partial charge is 0.241 e. The van der Waals surface area contributed by atoms with Crippen LogP contribution in [-0.4, -0.2) is 40.6 Å². The van der Waals surface area contributed by atoms with Gasteiger partial charge in [-0.05, 0) is 31.2 Å². The number of sulfonamides is 1. The first-order valence-corrected chi connectivity index (χ1v) is 7.68. The number of nitrogens with one attached hydrogen (secondary N) is 2. The van der Waals surface area contributed by atoms with E-state index >= 15 is 0 Å². The number of ether oxygens (including phenoxy) is 1. The van der Waals surface area contributed by atoms with Gasteiger partial charge in [-0.15, -0.1) is 0 Å². The zero-order chi connectivity index (χ0) is 15.9. The van der Waals surface area contributed by atoms with Crippen LogP contribution in [0.3, 0.4) is 0 Å². The third-order valence-corrected chi connectivity index (χ3v) is 4.18. The summed E-state index contributed by atoms with van der Waals surface area (Å²) in [6.45, 7) is 2.10. The van der Waals surface area contributed by atoms with Crippen LogP contribution in [0.25, 0.3) is 0 Å². The molecular weight excluding hydrogens is 294 g/mol. The number of carbonyl (C=O) groups excluding carboxylic acids is 1. The minimum Gasteiger partial charge on any atom is -0.383 e. The van der Waals surface area contributed by atoms with Crippen molar-refractivity contribution in [2.45, 2.75) is 17.9 Å². The Morgan fingerprint density at radius 1 is 1.38 bits per heavy atom. The number of nitriles is 1. The minimum atomic E-state index is -3.81. The average Bonchev–Trinajstić information content (AvgIpc) is 2.47. The largest absolute Gasteiger partial charge is 0.383 e. The first-order valence-electron chi connectivity index (χ1n) is 6.20. The van der Waals surface area contributed by atoms with Gasteiger partial charge in [0.15, 0.2) is 0 Å². The molecule has 0 fully saturated rings. The van der Waals surface area contributed by atoms with Gasteiger partial charge in [0.25, 0.3) is 0 Å². The van der Waals surface area contributed by atoms with Gasteiger partial charge >= 0.3 is 0 Å². The molecule has 0 heterocycles. The van der Waals surface area contributed by atoms with Crippen molar-refractivity contribution in [2.24, 2.45) is 0 Å². The van der Waals surface area contributed by atoms with Crippen LogP contribution >= 0.6 is 0 Å². The summed E-state index contributed by atoms with van der Waals surface area (Å²) in [6.07, 6.45) is 0. The molecule has 0 saturated heterocycles. The predicted molar refractivity (Wildman–Crippen MR) is 75.8 cm³/mol. The van der Waals surface area contributed by atoms with Crippen molar-refractivity contribution in [2.75, 3.05) is 20.3 Å². The molecule has 0 radical (unpaired) electrons. The Kier molecular flexibility index (Phi) is 6.30. The monoisotopic (exact) mass is 311 g/mol. The summed E-state index contributed by atoms with van der Waals surface area (Å²) in [7, 11) is -2.31. The van der Waals surface area contributed by atoms with E-state index in [4.69, 9.17) is 10.00 Å². The fourth-order valence-electron chi connectivity index (χ4n) is 1.49. The number of rotatable bonds is 7. The topological polar surface area (TPSA) is 108 Å². The summed E-state index contributed by atoms with van der Waals surface area (Å²) in [5, 5.41) is 11.2. The van der Waals surface area contributed by atoms with Crippen molar-refractivity contribution >= 4 is 15.9 Å². The van der Waals surface area contributed by atoms with Gasteiger partial charge in [0.1, 0.15) is 0 Å². The molecule has 21 heavy (non-hydrogen) atoms. The van der Waals surface area contributed by atoms with Crippen LogP contribution in [0.5, 0.6) is 0 Å². The molecule has 7 nitrogen and oxygen atoms in total. The lowest BCUT2D eigenvalue weighted by Crippen LogP contribution is -2.45. The number of methoxy groups -OCH3 is 1. The number of hydrogen-bond acceptors (Lipinski definition) is 5. The minimum absolute atomic E-state index is 0.00181. The molecule has 0 aliphatic carbocycles. The van der Waals surface area contributed by atoms with E-state index in [0.717, 1.165) is 0 Å². The van der Waals surface area contributed by atoms with E-state index in [2.05, 4.69) is 10.0 Å².